The molecule has 1 heterocycles. The molecule has 304 valence electrons. The third-order valence-electron chi connectivity index (χ3n) is 9.41. The fourth-order valence-electron chi connectivity index (χ4n) is 6.14. The number of aryl methyl sites for hydroxylation is 1. The summed E-state index contributed by atoms with van der Waals surface area (Å²) in [7, 11) is 0. The van der Waals surface area contributed by atoms with Crippen molar-refractivity contribution < 1.29 is 38.3 Å². The molecule has 1 unspecified atom stereocenters. The van der Waals surface area contributed by atoms with Gasteiger partial charge in [-0.2, -0.15) is 0 Å². The van der Waals surface area contributed by atoms with Crippen LogP contribution in [0, 0.1) is 19.3 Å². The molecule has 0 saturated carbocycles. The number of hydrogen-bond acceptors (Lipinski definition) is 8. The molecule has 0 aliphatic carbocycles. The van der Waals surface area contributed by atoms with Crippen molar-refractivity contribution in [3.8, 4) is 29.4 Å². The number of carbonyl (C=O) groups is 5. The lowest BCUT2D eigenvalue weighted by molar-refractivity contribution is -0.127. The number of amides is 3. The van der Waals surface area contributed by atoms with Crippen LogP contribution in [0.4, 0.5) is 5.69 Å². The van der Waals surface area contributed by atoms with Crippen LogP contribution in [-0.2, 0) is 20.9 Å². The zero-order valence-corrected chi connectivity index (χ0v) is 34.2. The van der Waals surface area contributed by atoms with E-state index in [0.29, 0.717) is 79.7 Å². The second-order valence-corrected chi connectivity index (χ2v) is 14.6. The number of nitrogens with zero attached hydrogens (tertiary/aromatic N) is 2. The quantitative estimate of drug-likeness (QED) is 0.0377. The van der Waals surface area contributed by atoms with Crippen LogP contribution in [0.15, 0.2) is 112 Å². The molecule has 1 atom stereocenters. The molecule has 4 aromatic carbocycles. The largest absolute Gasteiger partial charge is 0.491 e. The van der Waals surface area contributed by atoms with Gasteiger partial charge < -0.3 is 25.0 Å². The molecule has 5 rings (SSSR count). The van der Waals surface area contributed by atoms with Crippen molar-refractivity contribution in [1.82, 2.24) is 15.8 Å². The van der Waals surface area contributed by atoms with Gasteiger partial charge in [0.25, 0.3) is 0 Å². The summed E-state index contributed by atoms with van der Waals surface area (Å²) in [6, 6.07) is 28.6. The van der Waals surface area contributed by atoms with Gasteiger partial charge in [0.15, 0.2) is 17.2 Å². The molecule has 0 aliphatic heterocycles. The summed E-state index contributed by atoms with van der Waals surface area (Å²) in [4.78, 5) is 65.8. The van der Waals surface area contributed by atoms with Crippen molar-refractivity contribution in [2.24, 2.45) is 0 Å². The van der Waals surface area contributed by atoms with Gasteiger partial charge in [0, 0.05) is 65.3 Å². The fraction of sp³-hybridized carbons (Fsp3) is 0.261. The smallest absolute Gasteiger partial charge is 0.358 e. The van der Waals surface area contributed by atoms with Crippen molar-refractivity contribution in [1.29, 1.82) is 0 Å². The van der Waals surface area contributed by atoms with E-state index in [1.54, 1.807) is 54.6 Å². The van der Waals surface area contributed by atoms with E-state index in [0.717, 1.165) is 15.6 Å². The van der Waals surface area contributed by atoms with Crippen molar-refractivity contribution in [2.75, 3.05) is 18.1 Å². The zero-order valence-electron chi connectivity index (χ0n) is 32.6. The monoisotopic (exact) mass is 860 g/mol. The Morgan fingerprint density at radius 1 is 0.864 bits per heavy atom. The zero-order chi connectivity index (χ0) is 42.1. The topological polar surface area (TPSA) is 168 Å². The van der Waals surface area contributed by atoms with Crippen molar-refractivity contribution >= 4 is 51.1 Å². The minimum absolute atomic E-state index is 0.0601. The number of halogens is 1. The first-order valence-corrected chi connectivity index (χ1v) is 20.0. The van der Waals surface area contributed by atoms with E-state index in [1.807, 2.05) is 49.4 Å². The number of rotatable bonds is 21. The standard InChI is InChI=1S/C46H45BrN4O8/c1-3-4-7-15-43(53)51(36-22-25-38(47)31(2)27-36)40(30-58-37-23-20-33(21-24-37)41-28-39(46(56)57)50-59-41)45(55)48-26-11-6-10-14-42(52)49-29-32-16-18-35(19-17-32)44(54)34-12-8-5-9-13-34/h1,5,8-9,12-13,16-25,27-28,40H,4,6-7,10-11,14-15,26,29-30H2,2H3,(H,48,55)(H,49,52)(H,56,57). The molecule has 3 amide bonds. The Morgan fingerprint density at radius 2 is 1.59 bits per heavy atom. The number of benzene rings is 4. The summed E-state index contributed by atoms with van der Waals surface area (Å²) >= 11 is 3.52. The number of ketones is 1. The molecule has 1 aromatic heterocycles. The van der Waals surface area contributed by atoms with Gasteiger partial charge in [0.1, 0.15) is 18.4 Å². The Bertz CT molecular complexity index is 2270. The normalized spacial score (nSPS) is 11.2. The molecular weight excluding hydrogens is 816 g/mol. The van der Waals surface area contributed by atoms with Crippen LogP contribution in [0.1, 0.15) is 82.5 Å². The predicted octanol–water partition coefficient (Wildman–Crippen LogP) is 7.92. The summed E-state index contributed by atoms with van der Waals surface area (Å²) in [6.45, 7) is 2.36. The highest BCUT2D eigenvalue weighted by Crippen LogP contribution is 2.28. The second kappa shape index (κ2) is 21.9. The second-order valence-electron chi connectivity index (χ2n) is 13.8. The third-order valence-corrected chi connectivity index (χ3v) is 10.3. The molecule has 0 saturated heterocycles. The van der Waals surface area contributed by atoms with Gasteiger partial charge in [-0.15, -0.1) is 12.3 Å². The first kappa shape index (κ1) is 43.6. The highest BCUT2D eigenvalue weighted by atomic mass is 79.9. The number of aromatic nitrogens is 1. The van der Waals surface area contributed by atoms with Gasteiger partial charge in [0.2, 0.25) is 17.7 Å². The highest BCUT2D eigenvalue weighted by molar-refractivity contribution is 9.10. The van der Waals surface area contributed by atoms with Crippen molar-refractivity contribution in [3.63, 3.8) is 0 Å². The molecule has 5 aromatic rings. The molecule has 0 aliphatic rings. The maximum atomic E-state index is 14.0. The lowest BCUT2D eigenvalue weighted by Crippen LogP contribution is -2.53. The first-order valence-electron chi connectivity index (χ1n) is 19.2. The average molecular weight is 862 g/mol. The van der Waals surface area contributed by atoms with E-state index in [4.69, 9.17) is 15.7 Å². The number of anilines is 1. The van der Waals surface area contributed by atoms with E-state index in [-0.39, 0.29) is 42.1 Å². The maximum Gasteiger partial charge on any atom is 0.358 e. The summed E-state index contributed by atoms with van der Waals surface area (Å²) in [5.74, 6) is 1.17. The number of aromatic carboxylic acids is 1. The fourth-order valence-corrected chi connectivity index (χ4v) is 6.39. The summed E-state index contributed by atoms with van der Waals surface area (Å²) in [5.41, 5.74) is 3.83. The Labute approximate surface area is 351 Å². The number of carboxylic acid groups (broad SMARTS) is 1. The van der Waals surface area contributed by atoms with Crippen LogP contribution in [0.3, 0.4) is 0 Å². The van der Waals surface area contributed by atoms with Gasteiger partial charge in [-0.3, -0.25) is 24.1 Å². The van der Waals surface area contributed by atoms with Crippen LogP contribution >= 0.6 is 15.9 Å². The van der Waals surface area contributed by atoms with Crippen molar-refractivity contribution in [2.45, 2.75) is 64.5 Å². The number of nitrogens with one attached hydrogen (secondary N) is 2. The lowest BCUT2D eigenvalue weighted by atomic mass is 10.0. The number of terminal acetylenes is 1. The summed E-state index contributed by atoms with van der Waals surface area (Å²) in [6.07, 6.45) is 8.63. The number of hydrogen-bond donors (Lipinski definition) is 3. The number of unbranched alkanes of at least 4 members (excludes halogenated alkanes) is 3. The summed E-state index contributed by atoms with van der Waals surface area (Å²) < 4.78 is 12.1. The van der Waals surface area contributed by atoms with E-state index >= 15 is 0 Å². The molecule has 59 heavy (non-hydrogen) atoms. The van der Waals surface area contributed by atoms with Crippen LogP contribution in [0.2, 0.25) is 0 Å². The summed E-state index contributed by atoms with van der Waals surface area (Å²) in [5, 5.41) is 18.6. The predicted molar refractivity (Wildman–Crippen MR) is 227 cm³/mol. The Hall–Kier alpha value is -6.52. The van der Waals surface area contributed by atoms with Gasteiger partial charge in [-0.05, 0) is 79.8 Å². The highest BCUT2D eigenvalue weighted by Gasteiger charge is 2.32. The minimum Gasteiger partial charge on any atom is -0.491 e. The van der Waals surface area contributed by atoms with E-state index in [1.165, 1.54) is 11.0 Å². The molecule has 12 nitrogen and oxygen atoms in total. The van der Waals surface area contributed by atoms with Gasteiger partial charge in [-0.1, -0.05) is 82.1 Å². The molecule has 0 radical (unpaired) electrons. The number of carbonyl (C=O) groups excluding carboxylic acids is 4. The Balaban J connectivity index is 1.17. The number of carboxylic acids is 1. The van der Waals surface area contributed by atoms with Gasteiger partial charge in [0.05, 0.1) is 0 Å². The van der Waals surface area contributed by atoms with E-state index in [2.05, 4.69) is 37.6 Å². The number of ether oxygens (including phenoxy) is 1. The first-order chi connectivity index (χ1) is 28.5. The molecule has 0 spiro atoms. The maximum absolute atomic E-state index is 14.0. The van der Waals surface area contributed by atoms with Gasteiger partial charge >= 0.3 is 5.97 Å². The van der Waals surface area contributed by atoms with Crippen LogP contribution in [-0.4, -0.2) is 58.9 Å². The van der Waals surface area contributed by atoms with Crippen LogP contribution in [0.5, 0.6) is 5.75 Å². The molecule has 3 N–H and O–H groups in total. The third kappa shape index (κ3) is 12.7. The average Bonchev–Trinajstić information content (AvgIpc) is 3.75. The van der Waals surface area contributed by atoms with Crippen LogP contribution < -0.4 is 20.3 Å². The van der Waals surface area contributed by atoms with E-state index in [9.17, 15) is 29.1 Å². The lowest BCUT2D eigenvalue weighted by Gasteiger charge is -2.31. The Morgan fingerprint density at radius 3 is 2.27 bits per heavy atom. The Kier molecular flexibility index (Phi) is 16.1. The SMILES string of the molecule is C#CCCCC(=O)N(c1ccc(Br)c(C)c1)C(COc1ccc(-c2cc(C(=O)O)no2)cc1)C(=O)NCCCCCC(=O)NCc1ccc(C(=O)c2ccccc2)cc1. The van der Waals surface area contributed by atoms with E-state index < -0.39 is 17.9 Å². The molecule has 0 bridgehead atoms. The van der Waals surface area contributed by atoms with Crippen molar-refractivity contribution in [3.05, 3.63) is 136 Å². The molecule has 13 heteroatoms. The van der Waals surface area contributed by atoms with Crippen LogP contribution in [0.25, 0.3) is 11.3 Å². The molecule has 0 fully saturated rings. The van der Waals surface area contributed by atoms with Gasteiger partial charge in [-0.25, -0.2) is 4.79 Å². The molecular formula is C46H45BrN4O8. The minimum atomic E-state index is -1.21.